The molecule has 0 spiro atoms. The summed E-state index contributed by atoms with van der Waals surface area (Å²) >= 11 is 0. The number of para-hydroxylation sites is 1. The number of hydrogen-bond acceptors (Lipinski definition) is 3. The van der Waals surface area contributed by atoms with Gasteiger partial charge in [0.15, 0.2) is 0 Å². The van der Waals surface area contributed by atoms with Crippen LogP contribution in [-0.2, 0) is 0 Å². The van der Waals surface area contributed by atoms with Crippen molar-refractivity contribution in [2.45, 2.75) is 32.3 Å². The number of hydrogen-bond donors (Lipinski definition) is 2. The van der Waals surface area contributed by atoms with E-state index in [2.05, 4.69) is 5.32 Å². The quantitative estimate of drug-likeness (QED) is 0.826. The van der Waals surface area contributed by atoms with Crippen LogP contribution in [0.25, 0.3) is 0 Å². The van der Waals surface area contributed by atoms with Crippen molar-refractivity contribution in [3.63, 3.8) is 0 Å². The first-order valence-electron chi connectivity index (χ1n) is 5.76. The molecule has 0 aliphatic carbocycles. The highest BCUT2D eigenvalue weighted by Gasteiger charge is 2.20. The maximum Gasteiger partial charge on any atom is 0.412 e. The Morgan fingerprint density at radius 1 is 1.41 bits per heavy atom. The number of amides is 1. The molecule has 2 N–H and O–H groups in total. The summed E-state index contributed by atoms with van der Waals surface area (Å²) < 4.78 is 5.03. The Morgan fingerprint density at radius 2 is 2.06 bits per heavy atom. The van der Waals surface area contributed by atoms with E-state index in [-0.39, 0.29) is 6.54 Å². The van der Waals surface area contributed by atoms with E-state index in [0.29, 0.717) is 12.2 Å². The average Bonchev–Trinajstić information content (AvgIpc) is 2.28. The molecule has 1 rings (SSSR count). The molecule has 0 fully saturated rings. The van der Waals surface area contributed by atoms with Crippen molar-refractivity contribution in [1.29, 1.82) is 0 Å². The molecular formula is C13H19NO3. The van der Waals surface area contributed by atoms with Crippen LogP contribution in [0.1, 0.15) is 26.7 Å². The van der Waals surface area contributed by atoms with Crippen molar-refractivity contribution in [3.8, 4) is 5.75 Å². The summed E-state index contributed by atoms with van der Waals surface area (Å²) in [6.45, 7) is 3.86. The topological polar surface area (TPSA) is 58.6 Å². The van der Waals surface area contributed by atoms with E-state index in [9.17, 15) is 9.90 Å². The van der Waals surface area contributed by atoms with E-state index in [4.69, 9.17) is 4.74 Å². The molecular weight excluding hydrogens is 218 g/mol. The zero-order valence-corrected chi connectivity index (χ0v) is 10.3. The van der Waals surface area contributed by atoms with E-state index in [1.807, 2.05) is 13.0 Å². The van der Waals surface area contributed by atoms with Crippen LogP contribution in [0.2, 0.25) is 0 Å². The van der Waals surface area contributed by atoms with Gasteiger partial charge >= 0.3 is 6.09 Å². The van der Waals surface area contributed by atoms with Crippen LogP contribution in [0.4, 0.5) is 4.79 Å². The fraction of sp³-hybridized carbons (Fsp3) is 0.462. The van der Waals surface area contributed by atoms with Crippen molar-refractivity contribution >= 4 is 6.09 Å². The molecule has 1 unspecified atom stereocenters. The van der Waals surface area contributed by atoms with Crippen LogP contribution < -0.4 is 10.1 Å². The maximum atomic E-state index is 11.4. The number of ether oxygens (including phenoxy) is 1. The lowest BCUT2D eigenvalue weighted by atomic mass is 10.0. The normalized spacial score (nSPS) is 13.8. The number of nitrogens with one attached hydrogen (secondary N) is 1. The lowest BCUT2D eigenvalue weighted by Gasteiger charge is -2.22. The first-order chi connectivity index (χ1) is 8.03. The van der Waals surface area contributed by atoms with Gasteiger partial charge in [-0.05, 0) is 25.5 Å². The van der Waals surface area contributed by atoms with Crippen LogP contribution in [-0.4, -0.2) is 23.3 Å². The minimum absolute atomic E-state index is 0.187. The third-order valence-electron chi connectivity index (χ3n) is 2.36. The Bertz CT molecular complexity index is 349. The molecule has 0 aromatic heterocycles. The molecule has 1 atom stereocenters. The third kappa shape index (κ3) is 5.36. The lowest BCUT2D eigenvalue weighted by Crippen LogP contribution is -2.41. The lowest BCUT2D eigenvalue weighted by molar-refractivity contribution is 0.0504. The second-order valence-corrected chi connectivity index (χ2v) is 4.30. The summed E-state index contributed by atoms with van der Waals surface area (Å²) in [6.07, 6.45) is 0.952. The van der Waals surface area contributed by atoms with E-state index >= 15 is 0 Å². The molecule has 94 valence electrons. The second-order valence-electron chi connectivity index (χ2n) is 4.30. The number of aliphatic hydroxyl groups is 1. The van der Waals surface area contributed by atoms with Crippen molar-refractivity contribution in [2.24, 2.45) is 0 Å². The molecule has 1 aromatic carbocycles. The summed E-state index contributed by atoms with van der Waals surface area (Å²) in [5, 5.41) is 12.4. The van der Waals surface area contributed by atoms with Crippen LogP contribution >= 0.6 is 0 Å². The molecule has 0 bridgehead atoms. The molecule has 0 aliphatic rings. The number of benzene rings is 1. The van der Waals surface area contributed by atoms with Gasteiger partial charge in [-0.2, -0.15) is 0 Å². The average molecular weight is 237 g/mol. The number of rotatable bonds is 5. The van der Waals surface area contributed by atoms with Crippen molar-refractivity contribution in [2.75, 3.05) is 6.54 Å². The SMILES string of the molecule is CCCC(C)(O)CNC(=O)Oc1ccccc1. The smallest absolute Gasteiger partial charge is 0.410 e. The van der Waals surface area contributed by atoms with Gasteiger partial charge in [0, 0.05) is 6.54 Å². The van der Waals surface area contributed by atoms with E-state index in [0.717, 1.165) is 6.42 Å². The highest BCUT2D eigenvalue weighted by molar-refractivity contribution is 5.70. The van der Waals surface area contributed by atoms with Gasteiger partial charge in [-0.3, -0.25) is 0 Å². The van der Waals surface area contributed by atoms with Gasteiger partial charge in [0.05, 0.1) is 5.60 Å². The van der Waals surface area contributed by atoms with Gasteiger partial charge in [-0.15, -0.1) is 0 Å². The van der Waals surface area contributed by atoms with Gasteiger partial charge in [0.1, 0.15) is 5.75 Å². The fourth-order valence-electron chi connectivity index (χ4n) is 1.52. The highest BCUT2D eigenvalue weighted by atomic mass is 16.6. The van der Waals surface area contributed by atoms with Gasteiger partial charge in [-0.1, -0.05) is 31.5 Å². The van der Waals surface area contributed by atoms with E-state index in [1.54, 1.807) is 31.2 Å². The molecule has 1 amide bonds. The van der Waals surface area contributed by atoms with Crippen LogP contribution in [0, 0.1) is 0 Å². The molecule has 0 radical (unpaired) electrons. The molecule has 4 nitrogen and oxygen atoms in total. The Balaban J connectivity index is 2.36. The van der Waals surface area contributed by atoms with Crippen LogP contribution in [0.3, 0.4) is 0 Å². The molecule has 1 aromatic rings. The van der Waals surface area contributed by atoms with E-state index < -0.39 is 11.7 Å². The van der Waals surface area contributed by atoms with Crippen molar-refractivity contribution in [3.05, 3.63) is 30.3 Å². The van der Waals surface area contributed by atoms with Gasteiger partial charge in [0.2, 0.25) is 0 Å². The van der Waals surface area contributed by atoms with Gasteiger partial charge in [0.25, 0.3) is 0 Å². The van der Waals surface area contributed by atoms with Crippen molar-refractivity contribution < 1.29 is 14.6 Å². The Kier molecular flexibility index (Phi) is 4.97. The molecule has 17 heavy (non-hydrogen) atoms. The largest absolute Gasteiger partial charge is 0.412 e. The number of carbonyl (C=O) groups excluding carboxylic acids is 1. The summed E-state index contributed by atoms with van der Waals surface area (Å²) in [4.78, 5) is 11.4. The maximum absolute atomic E-state index is 11.4. The predicted octanol–water partition coefficient (Wildman–Crippen LogP) is 2.33. The zero-order valence-electron chi connectivity index (χ0n) is 10.3. The summed E-state index contributed by atoms with van der Waals surface area (Å²) in [7, 11) is 0. The van der Waals surface area contributed by atoms with Gasteiger partial charge < -0.3 is 15.2 Å². The summed E-state index contributed by atoms with van der Waals surface area (Å²) in [5.41, 5.74) is -0.884. The second kappa shape index (κ2) is 6.25. The standard InChI is InChI=1S/C13H19NO3/c1-3-9-13(2,16)10-14-12(15)17-11-7-5-4-6-8-11/h4-8,16H,3,9-10H2,1-2H3,(H,14,15). The Morgan fingerprint density at radius 3 is 2.65 bits per heavy atom. The molecule has 0 saturated carbocycles. The van der Waals surface area contributed by atoms with Gasteiger partial charge in [-0.25, -0.2) is 4.79 Å². The van der Waals surface area contributed by atoms with E-state index in [1.165, 1.54) is 0 Å². The van der Waals surface area contributed by atoms with Crippen LogP contribution in [0.15, 0.2) is 30.3 Å². The van der Waals surface area contributed by atoms with Crippen molar-refractivity contribution in [1.82, 2.24) is 5.32 Å². The molecule has 4 heteroatoms. The first-order valence-corrected chi connectivity index (χ1v) is 5.76. The highest BCUT2D eigenvalue weighted by Crippen LogP contribution is 2.11. The zero-order chi connectivity index (χ0) is 12.7. The molecule has 0 heterocycles. The van der Waals surface area contributed by atoms with Crippen LogP contribution in [0.5, 0.6) is 5.75 Å². The minimum Gasteiger partial charge on any atom is -0.410 e. The molecule has 0 aliphatic heterocycles. The monoisotopic (exact) mass is 237 g/mol. The summed E-state index contributed by atoms with van der Waals surface area (Å²) in [6, 6.07) is 8.82. The minimum atomic E-state index is -0.884. The predicted molar refractivity (Wildman–Crippen MR) is 66.0 cm³/mol. The summed E-state index contributed by atoms with van der Waals surface area (Å²) in [5.74, 6) is 0.486. The Labute approximate surface area is 102 Å². The fourth-order valence-corrected chi connectivity index (χ4v) is 1.52. The molecule has 0 saturated heterocycles. The Hall–Kier alpha value is -1.55. The number of carbonyl (C=O) groups is 1. The third-order valence-corrected chi connectivity index (χ3v) is 2.36. The first kappa shape index (κ1) is 13.5.